The first-order chi connectivity index (χ1) is 1.73. The summed E-state index contributed by atoms with van der Waals surface area (Å²) in [4.78, 5) is 0. The minimum absolute atomic E-state index is 0.917. The maximum Gasteiger partial charge on any atom is 0.102 e. The van der Waals surface area contributed by atoms with Crippen LogP contribution < -0.4 is 5.73 Å². The van der Waals surface area contributed by atoms with E-state index in [0.717, 1.165) is 0 Å². The predicted octanol–water partition coefficient (Wildman–Crippen LogP) is -0.902. The Kier molecular flexibility index (Phi) is 1.24. The molecule has 0 aliphatic carbocycles. The van der Waals surface area contributed by atoms with E-state index < -0.39 is 6.23 Å². The molecule has 3 N–H and O–H groups in total. The molecule has 0 saturated heterocycles. The maximum atomic E-state index is 7.72. The minimum atomic E-state index is -0.917. The van der Waals surface area contributed by atoms with Crippen molar-refractivity contribution in [2.45, 2.75) is 6.23 Å². The van der Waals surface area contributed by atoms with Gasteiger partial charge in [0.2, 0.25) is 0 Å². The summed E-state index contributed by atoms with van der Waals surface area (Å²) in [7, 11) is 0. The zero-order valence-electron chi connectivity index (χ0n) is 2.31. The third-order valence-electron chi connectivity index (χ3n) is 0. The molecule has 0 heterocycles. The van der Waals surface area contributed by atoms with Gasteiger partial charge in [0.25, 0.3) is 0 Å². The van der Waals surface area contributed by atoms with Gasteiger partial charge in [0.15, 0.2) is 0 Å². The largest absolute Gasteiger partial charge is 0.379 e. The molecule has 1 radical (unpaired) electrons. The standard InChI is InChI=1S/C2H6NO/c1-2(3)4/h2,4H,1,3H2. The van der Waals surface area contributed by atoms with Gasteiger partial charge in [-0.3, -0.25) is 0 Å². The van der Waals surface area contributed by atoms with E-state index in [4.69, 9.17) is 5.11 Å². The molecule has 0 rings (SSSR count). The predicted molar refractivity (Wildman–Crippen MR) is 15.6 cm³/mol. The van der Waals surface area contributed by atoms with E-state index in [0.29, 0.717) is 0 Å². The van der Waals surface area contributed by atoms with E-state index in [1.54, 1.807) is 0 Å². The normalized spacial score (nSPS) is 15.8. The number of hydrogen-bond donors (Lipinski definition) is 2. The van der Waals surface area contributed by atoms with Gasteiger partial charge in [-0.25, -0.2) is 0 Å². The average Bonchev–Trinajstić information content (AvgIpc) is 0.811. The molecule has 2 nitrogen and oxygen atoms in total. The SMILES string of the molecule is [CH2]C(N)O. The highest BCUT2D eigenvalue weighted by molar-refractivity contribution is 4.37. The summed E-state index contributed by atoms with van der Waals surface area (Å²) in [6.07, 6.45) is -0.917. The average molecular weight is 60.1 g/mol. The van der Waals surface area contributed by atoms with Crippen LogP contribution in [0.15, 0.2) is 0 Å². The Hall–Kier alpha value is -0.0800. The minimum Gasteiger partial charge on any atom is -0.379 e. The van der Waals surface area contributed by atoms with Gasteiger partial charge in [-0.2, -0.15) is 0 Å². The van der Waals surface area contributed by atoms with Crippen molar-refractivity contribution in [2.24, 2.45) is 5.73 Å². The lowest BCUT2D eigenvalue weighted by molar-refractivity contribution is 0.229. The van der Waals surface area contributed by atoms with Crippen LogP contribution in [0, 0.1) is 6.92 Å². The highest BCUT2D eigenvalue weighted by atomic mass is 16.3. The molecule has 0 aromatic heterocycles. The number of rotatable bonds is 0. The first-order valence-corrected chi connectivity index (χ1v) is 1.000. The molecule has 0 spiro atoms. The van der Waals surface area contributed by atoms with Crippen LogP contribution >= 0.6 is 0 Å². The second-order valence-electron chi connectivity index (χ2n) is 0.567. The first-order valence-electron chi connectivity index (χ1n) is 1.000. The zero-order chi connectivity index (χ0) is 3.58. The smallest absolute Gasteiger partial charge is 0.102 e. The molecule has 0 aromatic carbocycles. The summed E-state index contributed by atoms with van der Waals surface area (Å²) in [6, 6.07) is 0. The number of aliphatic hydroxyl groups is 1. The Morgan fingerprint density at radius 2 is 2.00 bits per heavy atom. The van der Waals surface area contributed by atoms with Crippen LogP contribution in [0.1, 0.15) is 0 Å². The van der Waals surface area contributed by atoms with Gasteiger partial charge in [-0.05, 0) is 6.92 Å². The van der Waals surface area contributed by atoms with Crippen LogP contribution in [-0.4, -0.2) is 11.3 Å². The van der Waals surface area contributed by atoms with Crippen LogP contribution in [0.3, 0.4) is 0 Å². The third-order valence-corrected chi connectivity index (χ3v) is 0. The molecule has 0 aliphatic heterocycles. The third kappa shape index (κ3) is 254. The topological polar surface area (TPSA) is 46.2 Å². The Bertz CT molecular complexity index is 10.8. The van der Waals surface area contributed by atoms with E-state index in [-0.39, 0.29) is 0 Å². The molecule has 0 aromatic rings. The van der Waals surface area contributed by atoms with Gasteiger partial charge < -0.3 is 10.8 Å². The lowest BCUT2D eigenvalue weighted by Crippen LogP contribution is -2.12. The number of aliphatic hydroxyl groups excluding tert-OH is 1. The summed E-state index contributed by atoms with van der Waals surface area (Å²) in [5.41, 5.74) is 4.56. The molecule has 25 valence electrons. The zero-order valence-corrected chi connectivity index (χ0v) is 2.31. The summed E-state index contributed by atoms with van der Waals surface area (Å²) in [6.45, 7) is 2.97. The van der Waals surface area contributed by atoms with E-state index in [1.807, 2.05) is 0 Å². The van der Waals surface area contributed by atoms with Crippen molar-refractivity contribution >= 4 is 0 Å². The summed E-state index contributed by atoms with van der Waals surface area (Å²) in [5, 5.41) is 7.72. The summed E-state index contributed by atoms with van der Waals surface area (Å²) < 4.78 is 0. The van der Waals surface area contributed by atoms with Crippen molar-refractivity contribution in [3.05, 3.63) is 6.92 Å². The molecule has 2 heteroatoms. The van der Waals surface area contributed by atoms with Gasteiger partial charge in [0, 0.05) is 0 Å². The van der Waals surface area contributed by atoms with Crippen molar-refractivity contribution in [2.75, 3.05) is 0 Å². The van der Waals surface area contributed by atoms with Crippen molar-refractivity contribution in [3.63, 3.8) is 0 Å². The molecular formula is C2H6NO. The lowest BCUT2D eigenvalue weighted by atomic mass is 10.7. The second kappa shape index (κ2) is 1.26. The molecular weight excluding hydrogens is 54.0 g/mol. The van der Waals surface area contributed by atoms with E-state index in [2.05, 4.69) is 12.7 Å². The molecule has 0 fully saturated rings. The molecule has 0 amide bonds. The van der Waals surface area contributed by atoms with Gasteiger partial charge in [-0.15, -0.1) is 0 Å². The maximum absolute atomic E-state index is 7.72. The Morgan fingerprint density at radius 1 is 2.00 bits per heavy atom. The molecule has 0 bridgehead atoms. The first kappa shape index (κ1) is 3.92. The highest BCUT2D eigenvalue weighted by Crippen LogP contribution is 1.48. The molecule has 0 aliphatic rings. The second-order valence-corrected chi connectivity index (χ2v) is 0.567. The Labute approximate surface area is 25.2 Å². The monoisotopic (exact) mass is 60.0 g/mol. The van der Waals surface area contributed by atoms with Crippen molar-refractivity contribution < 1.29 is 5.11 Å². The highest BCUT2D eigenvalue weighted by Gasteiger charge is 1.68. The van der Waals surface area contributed by atoms with Crippen LogP contribution in [0.5, 0.6) is 0 Å². The van der Waals surface area contributed by atoms with E-state index in [9.17, 15) is 0 Å². The Morgan fingerprint density at radius 3 is 2.00 bits per heavy atom. The molecule has 1 atom stereocenters. The lowest BCUT2D eigenvalue weighted by Gasteiger charge is -1.81. The van der Waals surface area contributed by atoms with Crippen molar-refractivity contribution in [1.82, 2.24) is 0 Å². The Balaban J connectivity index is 2.32. The van der Waals surface area contributed by atoms with E-state index in [1.165, 1.54) is 0 Å². The van der Waals surface area contributed by atoms with Gasteiger partial charge in [-0.1, -0.05) is 0 Å². The molecule has 0 saturated carbocycles. The van der Waals surface area contributed by atoms with Gasteiger partial charge >= 0.3 is 0 Å². The van der Waals surface area contributed by atoms with Gasteiger partial charge in [0.05, 0.1) is 0 Å². The quantitative estimate of drug-likeness (QED) is 0.356. The van der Waals surface area contributed by atoms with Crippen molar-refractivity contribution in [1.29, 1.82) is 0 Å². The van der Waals surface area contributed by atoms with Gasteiger partial charge in [0.1, 0.15) is 6.23 Å². The van der Waals surface area contributed by atoms with Crippen LogP contribution in [0.2, 0.25) is 0 Å². The molecule has 1 unspecified atom stereocenters. The van der Waals surface area contributed by atoms with Crippen LogP contribution in [-0.2, 0) is 0 Å². The fourth-order valence-corrected chi connectivity index (χ4v) is 0. The summed E-state index contributed by atoms with van der Waals surface area (Å²) in [5.74, 6) is 0. The van der Waals surface area contributed by atoms with Crippen molar-refractivity contribution in [3.8, 4) is 0 Å². The van der Waals surface area contributed by atoms with E-state index >= 15 is 0 Å². The van der Waals surface area contributed by atoms with Crippen LogP contribution in [0.25, 0.3) is 0 Å². The fraction of sp³-hybridized carbons (Fsp3) is 0.500. The van der Waals surface area contributed by atoms with Crippen LogP contribution in [0.4, 0.5) is 0 Å². The molecule has 4 heavy (non-hydrogen) atoms. The summed E-state index contributed by atoms with van der Waals surface area (Å²) >= 11 is 0. The fourth-order valence-electron chi connectivity index (χ4n) is 0. The number of nitrogens with two attached hydrogens (primary N) is 1. The number of hydrogen-bond acceptors (Lipinski definition) is 2.